The van der Waals surface area contributed by atoms with Gasteiger partial charge in [0.05, 0.1) is 11.2 Å². The molecule has 3 aromatic rings. The number of rotatable bonds is 1. The molecule has 0 bridgehead atoms. The zero-order valence-electron chi connectivity index (χ0n) is 10.8. The van der Waals surface area contributed by atoms with Crippen molar-refractivity contribution in [2.24, 2.45) is 0 Å². The van der Waals surface area contributed by atoms with Crippen molar-refractivity contribution in [3.8, 4) is 0 Å². The highest BCUT2D eigenvalue weighted by atomic mass is 32.2. The van der Waals surface area contributed by atoms with Crippen LogP contribution in [0.1, 0.15) is 24.1 Å². The first-order valence-electron chi connectivity index (χ1n) is 6.46. The van der Waals surface area contributed by atoms with Crippen LogP contribution in [0.2, 0.25) is 0 Å². The van der Waals surface area contributed by atoms with Crippen LogP contribution in [-0.2, 0) is 23.0 Å². The second kappa shape index (κ2) is 3.95. The SMILES string of the molecule is O=S(=O)(O)c1cc2c(c3c(n2O)CCCC3)c2nonc12. The van der Waals surface area contributed by atoms with E-state index in [1.807, 2.05) is 0 Å². The highest BCUT2D eigenvalue weighted by Gasteiger charge is 2.28. The second-order valence-corrected chi connectivity index (χ2v) is 6.54. The number of hydrogen-bond acceptors (Lipinski definition) is 6. The summed E-state index contributed by atoms with van der Waals surface area (Å²) in [5.41, 5.74) is 2.18. The van der Waals surface area contributed by atoms with Gasteiger partial charge in [0.25, 0.3) is 10.1 Å². The summed E-state index contributed by atoms with van der Waals surface area (Å²) in [6, 6.07) is 1.20. The topological polar surface area (TPSA) is 118 Å². The summed E-state index contributed by atoms with van der Waals surface area (Å²) in [5, 5.41) is 18.3. The molecule has 0 atom stereocenters. The molecular weight excluding hydrogens is 298 g/mol. The Morgan fingerprint density at radius 2 is 1.90 bits per heavy atom. The summed E-state index contributed by atoms with van der Waals surface area (Å²) in [5.74, 6) is 0. The normalized spacial score (nSPS) is 15.7. The molecule has 8 nitrogen and oxygen atoms in total. The molecule has 0 unspecified atom stereocenters. The lowest BCUT2D eigenvalue weighted by atomic mass is 9.95. The molecule has 4 rings (SSSR count). The van der Waals surface area contributed by atoms with Gasteiger partial charge in [0.15, 0.2) is 5.52 Å². The Bertz CT molecular complexity index is 986. The van der Waals surface area contributed by atoms with Crippen LogP contribution in [0.15, 0.2) is 15.6 Å². The monoisotopic (exact) mass is 309 g/mol. The van der Waals surface area contributed by atoms with E-state index in [1.165, 1.54) is 6.07 Å². The molecule has 0 amide bonds. The van der Waals surface area contributed by atoms with E-state index in [-0.39, 0.29) is 16.6 Å². The predicted octanol–water partition coefficient (Wildman–Crippen LogP) is 1.54. The molecule has 2 heterocycles. The Morgan fingerprint density at radius 3 is 2.67 bits per heavy atom. The molecule has 1 aromatic carbocycles. The van der Waals surface area contributed by atoms with Gasteiger partial charge in [0.1, 0.15) is 10.4 Å². The van der Waals surface area contributed by atoms with E-state index in [1.54, 1.807) is 0 Å². The fourth-order valence-corrected chi connectivity index (χ4v) is 3.74. The van der Waals surface area contributed by atoms with Gasteiger partial charge >= 0.3 is 0 Å². The third-order valence-electron chi connectivity index (χ3n) is 3.98. The van der Waals surface area contributed by atoms with Gasteiger partial charge in [-0.1, -0.05) is 0 Å². The number of aryl methyl sites for hydroxylation is 1. The van der Waals surface area contributed by atoms with E-state index in [4.69, 9.17) is 0 Å². The molecule has 0 saturated carbocycles. The Morgan fingerprint density at radius 1 is 1.19 bits per heavy atom. The molecule has 0 spiro atoms. The number of hydrogen-bond donors (Lipinski definition) is 2. The first-order valence-corrected chi connectivity index (χ1v) is 7.90. The van der Waals surface area contributed by atoms with Crippen molar-refractivity contribution in [3.05, 3.63) is 17.3 Å². The van der Waals surface area contributed by atoms with Gasteiger partial charge in [-0.3, -0.25) is 4.55 Å². The zero-order chi connectivity index (χ0) is 14.8. The van der Waals surface area contributed by atoms with Gasteiger partial charge < -0.3 is 5.21 Å². The quantitative estimate of drug-likeness (QED) is 0.517. The first kappa shape index (κ1) is 12.6. The largest absolute Gasteiger partial charge is 0.428 e. The lowest BCUT2D eigenvalue weighted by Crippen LogP contribution is -2.05. The number of nitrogens with zero attached hydrogens (tertiary/aromatic N) is 3. The van der Waals surface area contributed by atoms with E-state index in [2.05, 4.69) is 14.9 Å². The van der Waals surface area contributed by atoms with Gasteiger partial charge in [-0.2, -0.15) is 13.1 Å². The summed E-state index contributed by atoms with van der Waals surface area (Å²) in [7, 11) is -4.50. The molecule has 1 aliphatic rings. The maximum Gasteiger partial charge on any atom is 0.296 e. The number of fused-ring (bicyclic) bond motifs is 5. The third-order valence-corrected chi connectivity index (χ3v) is 4.85. The maximum absolute atomic E-state index is 11.5. The van der Waals surface area contributed by atoms with E-state index in [0.29, 0.717) is 11.8 Å². The number of aromatic nitrogens is 3. The van der Waals surface area contributed by atoms with Gasteiger partial charge in [-0.15, -0.1) is 0 Å². The summed E-state index contributed by atoms with van der Waals surface area (Å²) in [4.78, 5) is -0.420. The van der Waals surface area contributed by atoms with Crippen LogP contribution in [0.3, 0.4) is 0 Å². The number of benzene rings is 1. The lowest BCUT2D eigenvalue weighted by Gasteiger charge is -2.11. The average Bonchev–Trinajstić information content (AvgIpc) is 3.01. The molecule has 2 aromatic heterocycles. The summed E-state index contributed by atoms with van der Waals surface area (Å²) in [6.07, 6.45) is 3.41. The Kier molecular flexibility index (Phi) is 2.37. The molecule has 21 heavy (non-hydrogen) atoms. The lowest BCUT2D eigenvalue weighted by molar-refractivity contribution is 0.188. The molecule has 0 aliphatic heterocycles. The van der Waals surface area contributed by atoms with Crippen LogP contribution in [0.25, 0.3) is 21.9 Å². The van der Waals surface area contributed by atoms with Crippen LogP contribution < -0.4 is 0 Å². The highest BCUT2D eigenvalue weighted by Crippen LogP contribution is 2.37. The maximum atomic E-state index is 11.5. The van der Waals surface area contributed by atoms with E-state index in [9.17, 15) is 18.2 Å². The van der Waals surface area contributed by atoms with Crippen molar-refractivity contribution in [1.82, 2.24) is 15.0 Å². The Balaban J connectivity index is 2.26. The molecular formula is C12H11N3O5S. The van der Waals surface area contributed by atoms with E-state index in [0.717, 1.165) is 35.3 Å². The van der Waals surface area contributed by atoms with Crippen LogP contribution in [-0.4, -0.2) is 33.2 Å². The minimum absolute atomic E-state index is 0.0241. The van der Waals surface area contributed by atoms with Gasteiger partial charge in [0.2, 0.25) is 0 Å². The summed E-state index contributed by atoms with van der Waals surface area (Å²) in [6.45, 7) is 0. The van der Waals surface area contributed by atoms with Crippen molar-refractivity contribution in [3.63, 3.8) is 0 Å². The predicted molar refractivity (Wildman–Crippen MR) is 70.9 cm³/mol. The van der Waals surface area contributed by atoms with Crippen molar-refractivity contribution in [2.45, 2.75) is 30.6 Å². The molecule has 1 aliphatic carbocycles. The minimum atomic E-state index is -4.50. The van der Waals surface area contributed by atoms with Crippen LogP contribution in [0.4, 0.5) is 0 Å². The van der Waals surface area contributed by atoms with E-state index >= 15 is 0 Å². The zero-order valence-corrected chi connectivity index (χ0v) is 11.6. The molecule has 0 saturated heterocycles. The fraction of sp³-hybridized carbons (Fsp3) is 0.333. The van der Waals surface area contributed by atoms with Crippen molar-refractivity contribution >= 4 is 32.1 Å². The van der Waals surface area contributed by atoms with E-state index < -0.39 is 15.0 Å². The third kappa shape index (κ3) is 1.61. The Hall–Kier alpha value is -2.13. The smallest absolute Gasteiger partial charge is 0.296 e. The van der Waals surface area contributed by atoms with Gasteiger partial charge in [-0.25, -0.2) is 4.63 Å². The molecule has 0 fully saturated rings. The second-order valence-electron chi connectivity index (χ2n) is 5.15. The minimum Gasteiger partial charge on any atom is -0.428 e. The van der Waals surface area contributed by atoms with Gasteiger partial charge in [0, 0.05) is 5.39 Å². The summed E-state index contributed by atoms with van der Waals surface area (Å²) >= 11 is 0. The van der Waals surface area contributed by atoms with Crippen LogP contribution in [0, 0.1) is 0 Å². The molecule has 110 valence electrons. The molecule has 0 radical (unpaired) electrons. The van der Waals surface area contributed by atoms with Crippen molar-refractivity contribution < 1.29 is 22.8 Å². The van der Waals surface area contributed by atoms with Crippen LogP contribution >= 0.6 is 0 Å². The fourth-order valence-electron chi connectivity index (χ4n) is 3.10. The van der Waals surface area contributed by atoms with Gasteiger partial charge in [-0.05, 0) is 47.6 Å². The molecule has 9 heteroatoms. The standard InChI is InChI=1S/C12H11N3O5S/c16-15-7-4-2-1-3-6(7)10-8(15)5-9(21(17,18)19)11-12(10)14-20-13-11/h5,16H,1-4H2,(H,17,18,19). The highest BCUT2D eigenvalue weighted by molar-refractivity contribution is 7.86. The first-order chi connectivity index (χ1) is 9.98. The molecule has 2 N–H and O–H groups in total. The average molecular weight is 309 g/mol. The van der Waals surface area contributed by atoms with Crippen molar-refractivity contribution in [1.29, 1.82) is 0 Å². The van der Waals surface area contributed by atoms with Crippen LogP contribution in [0.5, 0.6) is 0 Å². The summed E-state index contributed by atoms with van der Waals surface area (Å²) < 4.78 is 37.9. The van der Waals surface area contributed by atoms with Crippen molar-refractivity contribution in [2.75, 3.05) is 0 Å². The Labute approximate surface area is 118 Å².